The number of carbonyl (C=O) groups excluding carboxylic acids is 2. The Labute approximate surface area is 165 Å². The Kier molecular flexibility index (Phi) is 7.05. The summed E-state index contributed by atoms with van der Waals surface area (Å²) in [5, 5.41) is 2.35. The van der Waals surface area contributed by atoms with Crippen LogP contribution in [0.25, 0.3) is 0 Å². The predicted octanol–water partition coefficient (Wildman–Crippen LogP) is 4.07. The monoisotopic (exact) mass is 415 g/mol. The molecule has 2 atom stereocenters. The molecule has 0 bridgehead atoms. The van der Waals surface area contributed by atoms with Gasteiger partial charge in [-0.05, 0) is 32.4 Å². The number of hydrogen-bond acceptors (Lipinski definition) is 5. The van der Waals surface area contributed by atoms with E-state index in [1.807, 2.05) is 0 Å². The summed E-state index contributed by atoms with van der Waals surface area (Å²) in [5.41, 5.74) is -2.20. The summed E-state index contributed by atoms with van der Waals surface area (Å²) < 4.78 is 65.8. The Morgan fingerprint density at radius 3 is 2.34 bits per heavy atom. The maximum atomic E-state index is 14.4. The lowest BCUT2D eigenvalue weighted by molar-refractivity contribution is -0.139. The van der Waals surface area contributed by atoms with Crippen molar-refractivity contribution in [2.24, 2.45) is 0 Å². The fraction of sp³-hybridized carbons (Fsp3) is 0.400. The van der Waals surface area contributed by atoms with Crippen molar-refractivity contribution in [2.75, 3.05) is 13.7 Å². The number of nitrogens with one attached hydrogen (secondary N) is 1. The largest absolute Gasteiger partial charge is 0.466 e. The summed E-state index contributed by atoms with van der Waals surface area (Å²) in [6.07, 6.45) is -4.97. The first-order valence-electron chi connectivity index (χ1n) is 8.83. The summed E-state index contributed by atoms with van der Waals surface area (Å²) in [7, 11) is 0.981. The lowest BCUT2D eigenvalue weighted by atomic mass is 9.77. The molecule has 1 aliphatic rings. The number of allylic oxidation sites excluding steroid dienone is 2. The number of alkyl halides is 3. The normalized spacial score (nSPS) is 17.9. The molecule has 1 N–H and O–H groups in total. The molecule has 0 spiro atoms. The summed E-state index contributed by atoms with van der Waals surface area (Å²) >= 11 is 0. The first kappa shape index (κ1) is 22.4. The van der Waals surface area contributed by atoms with Crippen molar-refractivity contribution < 1.29 is 36.6 Å². The van der Waals surface area contributed by atoms with E-state index in [1.165, 1.54) is 26.0 Å². The number of carbonyl (C=O) groups is 2. The van der Waals surface area contributed by atoms with Gasteiger partial charge in [0.1, 0.15) is 12.0 Å². The third-order valence-corrected chi connectivity index (χ3v) is 4.51. The summed E-state index contributed by atoms with van der Waals surface area (Å²) in [6, 6.07) is 3.53. The molecule has 1 aromatic carbocycles. The highest BCUT2D eigenvalue weighted by Crippen LogP contribution is 2.43. The van der Waals surface area contributed by atoms with E-state index in [0.717, 1.165) is 20.1 Å². The number of rotatable bonds is 6. The fourth-order valence-electron chi connectivity index (χ4n) is 3.38. The molecule has 158 valence electrons. The Balaban J connectivity index is 2.90. The number of ether oxygens (including phenoxy) is 2. The molecule has 0 aliphatic carbocycles. The highest BCUT2D eigenvalue weighted by Gasteiger charge is 2.42. The van der Waals surface area contributed by atoms with E-state index < -0.39 is 53.1 Å². The van der Waals surface area contributed by atoms with Crippen molar-refractivity contribution in [1.29, 1.82) is 0 Å². The molecular weight excluding hydrogens is 394 g/mol. The van der Waals surface area contributed by atoms with Crippen LogP contribution in [-0.2, 0) is 19.1 Å². The standard InChI is InChI=1S/C20H21F4NO4/c1-5-29-20(27)14-10(3)25-17(18(23)24)16(19(26)28-4)15(14)11-7-6-8-12(22)13(11)9(2)21/h6-9,15,18,25H,5H2,1-4H3. The van der Waals surface area contributed by atoms with Gasteiger partial charge in [-0.15, -0.1) is 0 Å². The lowest BCUT2D eigenvalue weighted by Gasteiger charge is -2.32. The van der Waals surface area contributed by atoms with Crippen molar-refractivity contribution in [2.45, 2.75) is 39.3 Å². The van der Waals surface area contributed by atoms with Crippen molar-refractivity contribution in [3.8, 4) is 0 Å². The molecule has 5 nitrogen and oxygen atoms in total. The van der Waals surface area contributed by atoms with E-state index in [9.17, 15) is 27.2 Å². The molecule has 2 unspecified atom stereocenters. The number of methoxy groups -OCH3 is 1. The number of halogens is 4. The number of benzene rings is 1. The van der Waals surface area contributed by atoms with Gasteiger partial charge in [0.05, 0.1) is 36.5 Å². The second-order valence-electron chi connectivity index (χ2n) is 6.30. The van der Waals surface area contributed by atoms with Gasteiger partial charge in [-0.2, -0.15) is 0 Å². The molecule has 1 aromatic rings. The number of esters is 2. The van der Waals surface area contributed by atoms with Crippen LogP contribution in [0.1, 0.15) is 44.0 Å². The minimum absolute atomic E-state index is 0.0156. The summed E-state index contributed by atoms with van der Waals surface area (Å²) in [4.78, 5) is 25.1. The average molecular weight is 415 g/mol. The highest BCUT2D eigenvalue weighted by atomic mass is 19.3. The minimum atomic E-state index is -3.13. The smallest absolute Gasteiger partial charge is 0.336 e. The van der Waals surface area contributed by atoms with Crippen LogP contribution in [0.3, 0.4) is 0 Å². The predicted molar refractivity (Wildman–Crippen MR) is 96.2 cm³/mol. The molecule has 0 radical (unpaired) electrons. The van der Waals surface area contributed by atoms with Crippen LogP contribution in [0.2, 0.25) is 0 Å². The fourth-order valence-corrected chi connectivity index (χ4v) is 3.38. The maximum absolute atomic E-state index is 14.4. The van der Waals surface area contributed by atoms with E-state index in [2.05, 4.69) is 10.1 Å². The van der Waals surface area contributed by atoms with Gasteiger partial charge in [-0.1, -0.05) is 12.1 Å². The van der Waals surface area contributed by atoms with Crippen LogP contribution >= 0.6 is 0 Å². The molecule has 9 heteroatoms. The number of dihydropyridines is 1. The molecule has 0 aromatic heterocycles. The van der Waals surface area contributed by atoms with Gasteiger partial charge < -0.3 is 14.8 Å². The molecule has 0 fully saturated rings. The second-order valence-corrected chi connectivity index (χ2v) is 6.30. The average Bonchev–Trinajstić information content (AvgIpc) is 2.65. The molecule has 0 amide bonds. The quantitative estimate of drug-likeness (QED) is 0.561. The third kappa shape index (κ3) is 4.28. The van der Waals surface area contributed by atoms with E-state index in [1.54, 1.807) is 0 Å². The van der Waals surface area contributed by atoms with Crippen molar-refractivity contribution in [3.63, 3.8) is 0 Å². The van der Waals surface area contributed by atoms with Gasteiger partial charge in [0, 0.05) is 11.3 Å². The Hall–Kier alpha value is -2.84. The molecule has 0 saturated carbocycles. The van der Waals surface area contributed by atoms with Crippen LogP contribution < -0.4 is 5.32 Å². The first-order chi connectivity index (χ1) is 13.6. The highest BCUT2D eigenvalue weighted by molar-refractivity contribution is 6.00. The molecule has 2 rings (SSSR count). The molecule has 0 saturated heterocycles. The van der Waals surface area contributed by atoms with Gasteiger partial charge in [-0.3, -0.25) is 0 Å². The van der Waals surface area contributed by atoms with E-state index in [-0.39, 0.29) is 23.4 Å². The van der Waals surface area contributed by atoms with Crippen molar-refractivity contribution >= 4 is 11.9 Å². The summed E-state index contributed by atoms with van der Waals surface area (Å²) in [5.74, 6) is -4.50. The van der Waals surface area contributed by atoms with E-state index >= 15 is 0 Å². The number of hydrogen-bond donors (Lipinski definition) is 1. The Morgan fingerprint density at radius 2 is 1.83 bits per heavy atom. The van der Waals surface area contributed by atoms with Gasteiger partial charge in [-0.25, -0.2) is 27.2 Å². The maximum Gasteiger partial charge on any atom is 0.336 e. The van der Waals surface area contributed by atoms with Gasteiger partial charge in [0.25, 0.3) is 6.43 Å². The third-order valence-electron chi connectivity index (χ3n) is 4.51. The summed E-state index contributed by atoms with van der Waals surface area (Å²) in [6.45, 7) is 3.92. The molecule has 1 aliphatic heterocycles. The molecular formula is C20H21F4NO4. The van der Waals surface area contributed by atoms with Crippen LogP contribution in [0, 0.1) is 5.82 Å². The van der Waals surface area contributed by atoms with Gasteiger partial charge >= 0.3 is 11.9 Å². The zero-order chi connectivity index (χ0) is 21.9. The van der Waals surface area contributed by atoms with Gasteiger partial charge in [0.2, 0.25) is 0 Å². The van der Waals surface area contributed by atoms with Gasteiger partial charge in [0.15, 0.2) is 0 Å². The topological polar surface area (TPSA) is 64.6 Å². The van der Waals surface area contributed by atoms with E-state index in [0.29, 0.717) is 0 Å². The van der Waals surface area contributed by atoms with Crippen molar-refractivity contribution in [1.82, 2.24) is 5.32 Å². The first-order valence-corrected chi connectivity index (χ1v) is 8.83. The Morgan fingerprint density at radius 1 is 1.17 bits per heavy atom. The van der Waals surface area contributed by atoms with Crippen molar-refractivity contribution in [3.05, 3.63) is 57.7 Å². The zero-order valence-electron chi connectivity index (χ0n) is 16.3. The zero-order valence-corrected chi connectivity index (χ0v) is 16.3. The van der Waals surface area contributed by atoms with Crippen LogP contribution in [0.15, 0.2) is 40.7 Å². The van der Waals surface area contributed by atoms with Crippen LogP contribution in [0.5, 0.6) is 0 Å². The van der Waals surface area contributed by atoms with Crippen LogP contribution in [-0.4, -0.2) is 32.1 Å². The SMILES string of the molecule is CCOC(=O)C1=C(C)NC(C(F)F)=C(C(=O)OC)C1c1cccc(F)c1C(C)F. The van der Waals surface area contributed by atoms with Crippen LogP contribution in [0.4, 0.5) is 17.6 Å². The Bertz CT molecular complexity index is 877. The minimum Gasteiger partial charge on any atom is -0.466 e. The van der Waals surface area contributed by atoms with E-state index in [4.69, 9.17) is 4.74 Å². The lowest BCUT2D eigenvalue weighted by Crippen LogP contribution is -2.35. The second kappa shape index (κ2) is 9.11. The molecule has 1 heterocycles. The molecule has 29 heavy (non-hydrogen) atoms.